The van der Waals surface area contributed by atoms with Gasteiger partial charge in [0.2, 0.25) is 0 Å². The van der Waals surface area contributed by atoms with Gasteiger partial charge in [-0.05, 0) is 26.1 Å². The molecule has 0 radical (unpaired) electrons. The van der Waals surface area contributed by atoms with E-state index in [1.54, 1.807) is 0 Å². The molecule has 0 unspecified atom stereocenters. The number of hydrogen-bond acceptors (Lipinski definition) is 5. The molecule has 1 N–H and O–H groups in total. The minimum atomic E-state index is -0.541. The number of non-ortho nitro benzene ring substituents is 1. The van der Waals surface area contributed by atoms with Crippen molar-refractivity contribution in [2.75, 3.05) is 46.3 Å². The molecule has 1 fully saturated rings. The number of hydrogen-bond donors (Lipinski definition) is 1. The fourth-order valence-corrected chi connectivity index (χ4v) is 2.68. The van der Waals surface area contributed by atoms with E-state index in [4.69, 9.17) is 11.6 Å². The molecule has 1 saturated heterocycles. The van der Waals surface area contributed by atoms with Crippen LogP contribution in [0.2, 0.25) is 5.02 Å². The summed E-state index contributed by atoms with van der Waals surface area (Å²) in [5.41, 5.74) is -0.00236. The van der Waals surface area contributed by atoms with Gasteiger partial charge in [-0.3, -0.25) is 14.9 Å². The van der Waals surface area contributed by atoms with Crippen LogP contribution in [0.5, 0.6) is 0 Å². The number of nitro groups is 1. The number of halogens is 1. The lowest BCUT2D eigenvalue weighted by Gasteiger charge is -2.32. The van der Waals surface area contributed by atoms with Gasteiger partial charge in [0.1, 0.15) is 0 Å². The van der Waals surface area contributed by atoms with Crippen LogP contribution in [0.1, 0.15) is 16.8 Å². The van der Waals surface area contributed by atoms with Crippen molar-refractivity contribution in [3.05, 3.63) is 38.9 Å². The van der Waals surface area contributed by atoms with Crippen molar-refractivity contribution < 1.29 is 9.72 Å². The molecule has 1 aliphatic heterocycles. The Morgan fingerprint density at radius 1 is 1.35 bits per heavy atom. The minimum Gasteiger partial charge on any atom is -0.352 e. The molecule has 0 atom stereocenters. The van der Waals surface area contributed by atoms with Crippen LogP contribution >= 0.6 is 11.6 Å². The number of carbonyl (C=O) groups is 1. The molecule has 1 aromatic rings. The second kappa shape index (κ2) is 8.24. The summed E-state index contributed by atoms with van der Waals surface area (Å²) in [6.07, 6.45) is 0.835. The molecule has 23 heavy (non-hydrogen) atoms. The van der Waals surface area contributed by atoms with Gasteiger partial charge in [0.15, 0.2) is 0 Å². The van der Waals surface area contributed by atoms with Crippen molar-refractivity contribution in [2.45, 2.75) is 6.42 Å². The van der Waals surface area contributed by atoms with E-state index in [1.807, 2.05) is 0 Å². The predicted molar refractivity (Wildman–Crippen MR) is 89.0 cm³/mol. The Balaban J connectivity index is 1.78. The molecule has 0 bridgehead atoms. The van der Waals surface area contributed by atoms with E-state index in [0.29, 0.717) is 6.54 Å². The first-order valence-corrected chi connectivity index (χ1v) is 7.98. The number of amides is 1. The van der Waals surface area contributed by atoms with Gasteiger partial charge in [-0.25, -0.2) is 0 Å². The zero-order valence-electron chi connectivity index (χ0n) is 13.1. The van der Waals surface area contributed by atoms with Gasteiger partial charge in [-0.1, -0.05) is 11.6 Å². The van der Waals surface area contributed by atoms with Crippen LogP contribution in [0.4, 0.5) is 5.69 Å². The zero-order valence-corrected chi connectivity index (χ0v) is 13.9. The van der Waals surface area contributed by atoms with Gasteiger partial charge in [0, 0.05) is 44.9 Å². The first kappa shape index (κ1) is 17.7. The number of benzene rings is 1. The highest BCUT2D eigenvalue weighted by Gasteiger charge is 2.16. The monoisotopic (exact) mass is 340 g/mol. The van der Waals surface area contributed by atoms with Crippen LogP contribution in [-0.4, -0.2) is 66.9 Å². The molecule has 0 aromatic heterocycles. The topological polar surface area (TPSA) is 78.7 Å². The van der Waals surface area contributed by atoms with E-state index in [-0.39, 0.29) is 22.2 Å². The van der Waals surface area contributed by atoms with Gasteiger partial charge in [-0.15, -0.1) is 0 Å². The average molecular weight is 341 g/mol. The molecule has 8 heteroatoms. The molecule has 1 heterocycles. The van der Waals surface area contributed by atoms with Crippen molar-refractivity contribution in [3.8, 4) is 0 Å². The number of nitrogens with zero attached hydrogens (tertiary/aromatic N) is 3. The molecular weight excluding hydrogens is 320 g/mol. The van der Waals surface area contributed by atoms with E-state index in [2.05, 4.69) is 22.2 Å². The van der Waals surface area contributed by atoms with Crippen molar-refractivity contribution in [3.63, 3.8) is 0 Å². The van der Waals surface area contributed by atoms with Gasteiger partial charge >= 0.3 is 0 Å². The lowest BCUT2D eigenvalue weighted by Crippen LogP contribution is -2.45. The fraction of sp³-hybridized carbons (Fsp3) is 0.533. The van der Waals surface area contributed by atoms with Crippen molar-refractivity contribution in [1.29, 1.82) is 0 Å². The predicted octanol–water partition coefficient (Wildman–Crippen LogP) is 1.62. The summed E-state index contributed by atoms with van der Waals surface area (Å²) in [7, 11) is 2.11. The maximum atomic E-state index is 12.1. The number of nitro benzene ring substituents is 1. The molecule has 2 rings (SSSR count). The summed E-state index contributed by atoms with van der Waals surface area (Å²) in [6.45, 7) is 5.66. The van der Waals surface area contributed by atoms with Crippen LogP contribution in [0, 0.1) is 10.1 Å². The van der Waals surface area contributed by atoms with Crippen molar-refractivity contribution in [2.24, 2.45) is 0 Å². The molecule has 0 spiro atoms. The summed E-state index contributed by atoms with van der Waals surface area (Å²) >= 11 is 5.95. The molecule has 1 amide bonds. The van der Waals surface area contributed by atoms with E-state index >= 15 is 0 Å². The highest BCUT2D eigenvalue weighted by Crippen LogP contribution is 2.21. The maximum absolute atomic E-state index is 12.1. The maximum Gasteiger partial charge on any atom is 0.270 e. The Morgan fingerprint density at radius 2 is 2.04 bits per heavy atom. The Morgan fingerprint density at radius 3 is 2.70 bits per heavy atom. The largest absolute Gasteiger partial charge is 0.352 e. The number of carbonyl (C=O) groups excluding carboxylic acids is 1. The Hall–Kier alpha value is -1.70. The molecule has 7 nitrogen and oxygen atoms in total. The Bertz CT molecular complexity index is 574. The SMILES string of the molecule is CN1CCN(CCCNC(=O)c2cc([N+](=O)[O-])ccc2Cl)CC1. The third-order valence-corrected chi connectivity index (χ3v) is 4.27. The van der Waals surface area contributed by atoms with Crippen LogP contribution in [0.15, 0.2) is 18.2 Å². The van der Waals surface area contributed by atoms with E-state index in [1.165, 1.54) is 18.2 Å². The average Bonchev–Trinajstić information content (AvgIpc) is 2.53. The number of likely N-dealkylation sites (N-methyl/N-ethyl adjacent to an activating group) is 1. The lowest BCUT2D eigenvalue weighted by atomic mass is 10.2. The number of nitrogens with one attached hydrogen (secondary N) is 1. The van der Waals surface area contributed by atoms with Crippen LogP contribution < -0.4 is 5.32 Å². The van der Waals surface area contributed by atoms with Crippen molar-refractivity contribution >= 4 is 23.2 Å². The Labute approximate surface area is 140 Å². The summed E-state index contributed by atoms with van der Waals surface area (Å²) < 4.78 is 0. The third-order valence-electron chi connectivity index (χ3n) is 3.94. The quantitative estimate of drug-likeness (QED) is 0.483. The third kappa shape index (κ3) is 5.16. The van der Waals surface area contributed by atoms with E-state index in [9.17, 15) is 14.9 Å². The van der Waals surface area contributed by atoms with Crippen LogP contribution in [-0.2, 0) is 0 Å². The zero-order chi connectivity index (χ0) is 16.8. The lowest BCUT2D eigenvalue weighted by molar-refractivity contribution is -0.384. The molecular formula is C15H21ClN4O3. The summed E-state index contributed by atoms with van der Waals surface area (Å²) in [4.78, 5) is 27.0. The number of piperazine rings is 1. The first-order chi connectivity index (χ1) is 11.0. The molecule has 0 aliphatic carbocycles. The first-order valence-electron chi connectivity index (χ1n) is 7.60. The smallest absolute Gasteiger partial charge is 0.270 e. The number of rotatable bonds is 6. The molecule has 0 saturated carbocycles. The normalized spacial score (nSPS) is 16.3. The van der Waals surface area contributed by atoms with Gasteiger partial charge in [-0.2, -0.15) is 0 Å². The summed E-state index contributed by atoms with van der Waals surface area (Å²) in [5, 5.41) is 13.8. The van der Waals surface area contributed by atoms with Crippen LogP contribution in [0.25, 0.3) is 0 Å². The van der Waals surface area contributed by atoms with Gasteiger partial charge < -0.3 is 15.1 Å². The second-order valence-electron chi connectivity index (χ2n) is 5.68. The van der Waals surface area contributed by atoms with Crippen molar-refractivity contribution in [1.82, 2.24) is 15.1 Å². The standard InChI is InChI=1S/C15H21ClN4O3/c1-18-7-9-19(10-8-18)6-2-5-17-15(21)13-11-12(20(22)23)3-4-14(13)16/h3-4,11H,2,5-10H2,1H3,(H,17,21). The van der Waals surface area contributed by atoms with Gasteiger partial charge in [0.05, 0.1) is 15.5 Å². The summed E-state index contributed by atoms with van der Waals surface area (Å²) in [6, 6.07) is 3.86. The van der Waals surface area contributed by atoms with E-state index < -0.39 is 4.92 Å². The van der Waals surface area contributed by atoms with Crippen LogP contribution in [0.3, 0.4) is 0 Å². The Kier molecular flexibility index (Phi) is 6.32. The highest BCUT2D eigenvalue weighted by atomic mass is 35.5. The molecule has 126 valence electrons. The highest BCUT2D eigenvalue weighted by molar-refractivity contribution is 6.33. The molecule has 1 aliphatic rings. The second-order valence-corrected chi connectivity index (χ2v) is 6.08. The van der Waals surface area contributed by atoms with E-state index in [0.717, 1.165) is 39.1 Å². The molecule has 1 aromatic carbocycles. The summed E-state index contributed by atoms with van der Waals surface area (Å²) in [5.74, 6) is -0.378. The fourth-order valence-electron chi connectivity index (χ4n) is 2.47. The van der Waals surface area contributed by atoms with Gasteiger partial charge in [0.25, 0.3) is 11.6 Å². The minimum absolute atomic E-state index is 0.139.